The number of carbonyl (C=O) groups excluding carboxylic acids is 1. The van der Waals surface area contributed by atoms with Crippen LogP contribution < -0.4 is 4.90 Å². The normalized spacial score (nSPS) is 19.7. The number of ether oxygens (including phenoxy) is 2. The molecule has 2 fully saturated rings. The summed E-state index contributed by atoms with van der Waals surface area (Å²) in [5.74, 6) is 0.745. The number of pyridine rings is 1. The fourth-order valence-electron chi connectivity index (χ4n) is 4.19. The second-order valence-corrected chi connectivity index (χ2v) is 8.86. The van der Waals surface area contributed by atoms with Crippen molar-refractivity contribution in [2.45, 2.75) is 20.0 Å². The minimum Gasteiger partial charge on any atom is -0.378 e. The first-order chi connectivity index (χ1) is 15.1. The van der Waals surface area contributed by atoms with E-state index in [1.165, 1.54) is 11.3 Å². The van der Waals surface area contributed by atoms with Crippen LogP contribution >= 0.6 is 11.3 Å². The number of amides is 1. The standard InChI is InChI=1S/C22H25N5O3S/c1-14-12-15(2)25-22(24-14)27-8-11-30-17(13-27)18-16-4-3-5-23-20(16)31-19(18)21(28)26-6-9-29-10-7-26/h3-5,12,17H,6-11,13H2,1-2H3. The quantitative estimate of drug-likeness (QED) is 0.621. The highest BCUT2D eigenvalue weighted by Crippen LogP contribution is 2.38. The zero-order valence-corrected chi connectivity index (χ0v) is 18.5. The average molecular weight is 440 g/mol. The van der Waals surface area contributed by atoms with Crippen LogP contribution in [0.1, 0.15) is 32.7 Å². The molecule has 3 aromatic rings. The van der Waals surface area contributed by atoms with Crippen LogP contribution in [0.25, 0.3) is 10.2 Å². The molecule has 5 heterocycles. The Labute approximate surface area is 184 Å². The van der Waals surface area contributed by atoms with Gasteiger partial charge >= 0.3 is 0 Å². The number of hydrogen-bond acceptors (Lipinski definition) is 8. The van der Waals surface area contributed by atoms with E-state index in [1.54, 1.807) is 6.20 Å². The first kappa shape index (κ1) is 20.3. The van der Waals surface area contributed by atoms with Gasteiger partial charge in [-0.25, -0.2) is 15.0 Å². The lowest BCUT2D eigenvalue weighted by molar-refractivity contribution is 0.0280. The summed E-state index contributed by atoms with van der Waals surface area (Å²) >= 11 is 1.45. The predicted molar refractivity (Wildman–Crippen MR) is 119 cm³/mol. The molecule has 0 aliphatic carbocycles. The van der Waals surface area contributed by atoms with Crippen molar-refractivity contribution in [3.63, 3.8) is 0 Å². The Bertz CT molecular complexity index is 1090. The summed E-state index contributed by atoms with van der Waals surface area (Å²) < 4.78 is 11.6. The smallest absolute Gasteiger partial charge is 0.264 e. The van der Waals surface area contributed by atoms with Gasteiger partial charge in [-0.2, -0.15) is 0 Å². The number of anilines is 1. The molecular formula is C22H25N5O3S. The largest absolute Gasteiger partial charge is 0.378 e. The third-order valence-electron chi connectivity index (χ3n) is 5.64. The van der Waals surface area contributed by atoms with Crippen LogP contribution in [0.5, 0.6) is 0 Å². The molecule has 0 bridgehead atoms. The highest BCUT2D eigenvalue weighted by atomic mass is 32.1. The van der Waals surface area contributed by atoms with E-state index in [1.807, 2.05) is 36.9 Å². The minimum absolute atomic E-state index is 0.0321. The molecule has 1 amide bonds. The second kappa shape index (κ2) is 8.49. The molecule has 0 radical (unpaired) electrons. The third-order valence-corrected chi connectivity index (χ3v) is 6.76. The Morgan fingerprint density at radius 3 is 2.68 bits per heavy atom. The SMILES string of the molecule is Cc1cc(C)nc(N2CCOC(c3c(C(=O)N4CCOCC4)sc4ncccc34)C2)n1. The Morgan fingerprint density at radius 1 is 1.13 bits per heavy atom. The highest BCUT2D eigenvalue weighted by molar-refractivity contribution is 7.20. The van der Waals surface area contributed by atoms with Gasteiger partial charge in [-0.05, 0) is 26.0 Å². The zero-order chi connectivity index (χ0) is 21.4. The third kappa shape index (κ3) is 4.00. The summed E-state index contributed by atoms with van der Waals surface area (Å²) in [5, 5.41) is 0.984. The van der Waals surface area contributed by atoms with Gasteiger partial charge in [0.15, 0.2) is 0 Å². The molecule has 2 saturated heterocycles. The van der Waals surface area contributed by atoms with Gasteiger partial charge in [0.05, 0.1) is 26.4 Å². The fourth-order valence-corrected chi connectivity index (χ4v) is 5.36. The van der Waals surface area contributed by atoms with Crippen LogP contribution in [-0.4, -0.2) is 71.8 Å². The Balaban J connectivity index is 1.51. The van der Waals surface area contributed by atoms with E-state index < -0.39 is 0 Å². The average Bonchev–Trinajstić information content (AvgIpc) is 3.18. The van der Waals surface area contributed by atoms with Gasteiger partial charge < -0.3 is 19.3 Å². The predicted octanol–water partition coefficient (Wildman–Crippen LogP) is 2.75. The maximum Gasteiger partial charge on any atom is 0.264 e. The van der Waals surface area contributed by atoms with Crippen molar-refractivity contribution < 1.29 is 14.3 Å². The maximum atomic E-state index is 13.4. The van der Waals surface area contributed by atoms with Crippen molar-refractivity contribution in [3.05, 3.63) is 46.2 Å². The lowest BCUT2D eigenvalue weighted by atomic mass is 10.0. The van der Waals surface area contributed by atoms with Crippen molar-refractivity contribution >= 4 is 33.4 Å². The van der Waals surface area contributed by atoms with Crippen LogP contribution in [0.3, 0.4) is 0 Å². The fraction of sp³-hybridized carbons (Fsp3) is 0.455. The molecule has 8 nitrogen and oxygen atoms in total. The Morgan fingerprint density at radius 2 is 1.90 bits per heavy atom. The summed E-state index contributed by atoms with van der Waals surface area (Å²) in [6.45, 7) is 8.16. The Kier molecular flexibility index (Phi) is 5.56. The van der Waals surface area contributed by atoms with Gasteiger partial charge in [0.1, 0.15) is 15.8 Å². The molecule has 2 aliphatic heterocycles. The number of rotatable bonds is 3. The molecule has 0 N–H and O–H groups in total. The van der Waals surface area contributed by atoms with Gasteiger partial charge in [-0.15, -0.1) is 11.3 Å². The van der Waals surface area contributed by atoms with E-state index in [4.69, 9.17) is 9.47 Å². The van der Waals surface area contributed by atoms with E-state index in [2.05, 4.69) is 19.9 Å². The molecule has 9 heteroatoms. The summed E-state index contributed by atoms with van der Waals surface area (Å²) in [6, 6.07) is 5.91. The van der Waals surface area contributed by atoms with Gasteiger partial charge in [0.25, 0.3) is 5.91 Å². The Hall–Kier alpha value is -2.62. The molecular weight excluding hydrogens is 414 g/mol. The van der Waals surface area contributed by atoms with Crippen LogP contribution in [0.4, 0.5) is 5.95 Å². The maximum absolute atomic E-state index is 13.4. The minimum atomic E-state index is -0.254. The number of nitrogens with zero attached hydrogens (tertiary/aromatic N) is 5. The molecule has 0 aromatic carbocycles. The number of carbonyl (C=O) groups is 1. The highest BCUT2D eigenvalue weighted by Gasteiger charge is 2.33. The number of hydrogen-bond donors (Lipinski definition) is 0. The molecule has 2 aliphatic rings. The number of morpholine rings is 2. The van der Waals surface area contributed by atoms with Crippen LogP contribution in [0.15, 0.2) is 24.4 Å². The van der Waals surface area contributed by atoms with Crippen molar-refractivity contribution in [2.75, 3.05) is 50.9 Å². The summed E-state index contributed by atoms with van der Waals surface area (Å²) in [5.41, 5.74) is 2.82. The van der Waals surface area contributed by atoms with E-state index in [9.17, 15) is 4.79 Å². The first-order valence-electron chi connectivity index (χ1n) is 10.5. The molecule has 1 atom stereocenters. The van der Waals surface area contributed by atoms with E-state index in [0.29, 0.717) is 56.8 Å². The topological polar surface area (TPSA) is 80.7 Å². The van der Waals surface area contributed by atoms with Crippen LogP contribution in [0, 0.1) is 13.8 Å². The summed E-state index contributed by atoms with van der Waals surface area (Å²) in [7, 11) is 0. The van der Waals surface area contributed by atoms with Gasteiger partial charge in [0, 0.05) is 48.2 Å². The monoisotopic (exact) mass is 439 g/mol. The molecule has 31 heavy (non-hydrogen) atoms. The molecule has 0 saturated carbocycles. The molecule has 162 valence electrons. The zero-order valence-electron chi connectivity index (χ0n) is 17.7. The number of aromatic nitrogens is 3. The summed E-state index contributed by atoms with van der Waals surface area (Å²) in [4.78, 5) is 32.8. The number of aryl methyl sites for hydroxylation is 2. The summed E-state index contributed by atoms with van der Waals surface area (Å²) in [6.07, 6.45) is 1.51. The van der Waals surface area contributed by atoms with E-state index in [-0.39, 0.29) is 12.0 Å². The van der Waals surface area contributed by atoms with Crippen LogP contribution in [0.2, 0.25) is 0 Å². The van der Waals surface area contributed by atoms with Crippen molar-refractivity contribution in [2.24, 2.45) is 0 Å². The molecule has 3 aromatic heterocycles. The molecule has 0 spiro atoms. The first-order valence-corrected chi connectivity index (χ1v) is 11.3. The number of fused-ring (bicyclic) bond motifs is 1. The van der Waals surface area contributed by atoms with Crippen molar-refractivity contribution in [3.8, 4) is 0 Å². The lowest BCUT2D eigenvalue weighted by Crippen LogP contribution is -2.42. The van der Waals surface area contributed by atoms with E-state index in [0.717, 1.165) is 27.2 Å². The van der Waals surface area contributed by atoms with E-state index >= 15 is 0 Å². The van der Waals surface area contributed by atoms with Crippen molar-refractivity contribution in [1.29, 1.82) is 0 Å². The molecule has 1 unspecified atom stereocenters. The van der Waals surface area contributed by atoms with Gasteiger partial charge in [-0.1, -0.05) is 6.07 Å². The molecule has 5 rings (SSSR count). The van der Waals surface area contributed by atoms with Crippen molar-refractivity contribution in [1.82, 2.24) is 19.9 Å². The van der Waals surface area contributed by atoms with Gasteiger partial charge in [-0.3, -0.25) is 4.79 Å². The second-order valence-electron chi connectivity index (χ2n) is 7.86. The lowest BCUT2D eigenvalue weighted by Gasteiger charge is -2.34. The van der Waals surface area contributed by atoms with Crippen LogP contribution in [-0.2, 0) is 9.47 Å². The number of thiophene rings is 1. The van der Waals surface area contributed by atoms with Gasteiger partial charge in [0.2, 0.25) is 5.95 Å².